The summed E-state index contributed by atoms with van der Waals surface area (Å²) in [5.74, 6) is 0.549. The number of carbonyl (C=O) groups is 2. The summed E-state index contributed by atoms with van der Waals surface area (Å²) in [6, 6.07) is 7.07. The minimum Gasteiger partial charge on any atom is -0.492 e. The fourth-order valence-electron chi connectivity index (χ4n) is 2.25. The highest BCUT2D eigenvalue weighted by Gasteiger charge is 2.29. The number of nitrogens with zero attached hydrogens (tertiary/aromatic N) is 1. The minimum absolute atomic E-state index is 0.119. The van der Waals surface area contributed by atoms with Crippen LogP contribution in [0.15, 0.2) is 24.3 Å². The molecule has 0 atom stereocenters. The molecular weight excluding hydrogens is 288 g/mol. The highest BCUT2D eigenvalue weighted by molar-refractivity contribution is 7.80. The SMILES string of the molecule is CC1CC(=O)N(CCOc2ccc(C(N)=S)cc2)C(=O)C1. The van der Waals surface area contributed by atoms with Gasteiger partial charge in [0.05, 0.1) is 6.54 Å². The molecule has 2 N–H and O–H groups in total. The first-order valence-corrected chi connectivity index (χ1v) is 7.24. The summed E-state index contributed by atoms with van der Waals surface area (Å²) < 4.78 is 5.54. The number of benzene rings is 1. The van der Waals surface area contributed by atoms with Crippen LogP contribution in [0.25, 0.3) is 0 Å². The fourth-order valence-corrected chi connectivity index (χ4v) is 2.38. The molecule has 0 radical (unpaired) electrons. The molecule has 1 heterocycles. The Labute approximate surface area is 129 Å². The first-order valence-electron chi connectivity index (χ1n) is 6.83. The molecule has 5 nitrogen and oxygen atoms in total. The van der Waals surface area contributed by atoms with Crippen LogP contribution in [0.1, 0.15) is 25.3 Å². The predicted molar refractivity (Wildman–Crippen MR) is 82.9 cm³/mol. The van der Waals surface area contributed by atoms with Crippen molar-refractivity contribution in [3.63, 3.8) is 0 Å². The zero-order chi connectivity index (χ0) is 15.4. The van der Waals surface area contributed by atoms with E-state index in [0.29, 0.717) is 23.6 Å². The van der Waals surface area contributed by atoms with Crippen LogP contribution in [0.4, 0.5) is 0 Å². The van der Waals surface area contributed by atoms with Gasteiger partial charge in [0.1, 0.15) is 17.3 Å². The summed E-state index contributed by atoms with van der Waals surface area (Å²) in [6.07, 6.45) is 0.850. The Morgan fingerprint density at radius 2 is 1.86 bits per heavy atom. The molecule has 112 valence electrons. The second-order valence-corrected chi connectivity index (χ2v) is 5.63. The van der Waals surface area contributed by atoms with Gasteiger partial charge in [0.25, 0.3) is 0 Å². The highest BCUT2D eigenvalue weighted by atomic mass is 32.1. The molecule has 0 bridgehead atoms. The lowest BCUT2D eigenvalue weighted by atomic mass is 9.98. The molecule has 21 heavy (non-hydrogen) atoms. The molecular formula is C15H18N2O3S. The van der Waals surface area contributed by atoms with Crippen molar-refractivity contribution < 1.29 is 14.3 Å². The van der Waals surface area contributed by atoms with E-state index in [1.807, 2.05) is 6.92 Å². The Morgan fingerprint density at radius 3 is 2.38 bits per heavy atom. The van der Waals surface area contributed by atoms with E-state index >= 15 is 0 Å². The van der Waals surface area contributed by atoms with E-state index in [1.165, 1.54) is 4.90 Å². The number of hydrogen-bond donors (Lipinski definition) is 1. The summed E-state index contributed by atoms with van der Waals surface area (Å²) in [4.78, 5) is 25.2. The van der Waals surface area contributed by atoms with Gasteiger partial charge in [-0.2, -0.15) is 0 Å². The van der Waals surface area contributed by atoms with Gasteiger partial charge < -0.3 is 10.5 Å². The predicted octanol–water partition coefficient (Wildman–Crippen LogP) is 1.48. The number of imide groups is 1. The molecule has 1 aromatic rings. The number of carbonyl (C=O) groups excluding carboxylic acids is 2. The van der Waals surface area contributed by atoms with Gasteiger partial charge in [-0.25, -0.2) is 0 Å². The summed E-state index contributed by atoms with van der Waals surface area (Å²) in [7, 11) is 0. The quantitative estimate of drug-likeness (QED) is 0.659. The Balaban J connectivity index is 1.85. The molecule has 1 aromatic carbocycles. The molecule has 2 rings (SSSR count). The average Bonchev–Trinajstić information content (AvgIpc) is 2.42. The molecule has 6 heteroatoms. The molecule has 0 aromatic heterocycles. The maximum atomic E-state index is 11.8. The van der Waals surface area contributed by atoms with Crippen LogP contribution >= 0.6 is 12.2 Å². The van der Waals surface area contributed by atoms with Gasteiger partial charge in [-0.3, -0.25) is 14.5 Å². The van der Waals surface area contributed by atoms with E-state index in [0.717, 1.165) is 5.56 Å². The van der Waals surface area contributed by atoms with Crippen molar-refractivity contribution >= 4 is 29.0 Å². The Kier molecular flexibility index (Phi) is 4.90. The molecule has 0 spiro atoms. The molecule has 0 saturated carbocycles. The van der Waals surface area contributed by atoms with Crippen LogP contribution in [0.3, 0.4) is 0 Å². The third kappa shape index (κ3) is 4.01. The Bertz CT molecular complexity index is 539. The van der Waals surface area contributed by atoms with Crippen molar-refractivity contribution in [3.05, 3.63) is 29.8 Å². The van der Waals surface area contributed by atoms with Crippen LogP contribution in [-0.2, 0) is 9.59 Å². The second kappa shape index (κ2) is 6.67. The lowest BCUT2D eigenvalue weighted by Crippen LogP contribution is -2.44. The van der Waals surface area contributed by atoms with Gasteiger partial charge >= 0.3 is 0 Å². The van der Waals surface area contributed by atoms with Crippen LogP contribution in [0.5, 0.6) is 5.75 Å². The van der Waals surface area contributed by atoms with E-state index in [2.05, 4.69) is 0 Å². The number of amides is 2. The number of piperidine rings is 1. The Hall–Kier alpha value is -1.95. The van der Waals surface area contributed by atoms with Gasteiger partial charge in [-0.05, 0) is 30.2 Å². The van der Waals surface area contributed by atoms with Crippen molar-refractivity contribution in [1.82, 2.24) is 4.90 Å². The maximum absolute atomic E-state index is 11.8. The van der Waals surface area contributed by atoms with Gasteiger partial charge in [0.15, 0.2) is 0 Å². The normalized spacial score (nSPS) is 16.1. The third-order valence-corrected chi connectivity index (χ3v) is 3.61. The topological polar surface area (TPSA) is 72.6 Å². The van der Waals surface area contributed by atoms with Gasteiger partial charge in [-0.1, -0.05) is 19.1 Å². The van der Waals surface area contributed by atoms with E-state index < -0.39 is 0 Å². The standard InChI is InChI=1S/C15H18N2O3S/c1-10-8-13(18)17(14(19)9-10)6-7-20-12-4-2-11(3-5-12)15(16)21/h2-5,10H,6-9H2,1H3,(H2,16,21). The molecule has 1 saturated heterocycles. The minimum atomic E-state index is -0.119. The molecule has 1 fully saturated rings. The lowest BCUT2D eigenvalue weighted by molar-refractivity contribution is -0.150. The monoisotopic (exact) mass is 306 g/mol. The lowest BCUT2D eigenvalue weighted by Gasteiger charge is -2.28. The molecule has 1 aliphatic rings. The van der Waals surface area contributed by atoms with E-state index in [1.54, 1.807) is 24.3 Å². The zero-order valence-corrected chi connectivity index (χ0v) is 12.7. The number of rotatable bonds is 5. The van der Waals surface area contributed by atoms with Gasteiger partial charge in [0.2, 0.25) is 11.8 Å². The number of ether oxygens (including phenoxy) is 1. The van der Waals surface area contributed by atoms with Crippen LogP contribution in [-0.4, -0.2) is 34.9 Å². The van der Waals surface area contributed by atoms with E-state index in [-0.39, 0.29) is 30.9 Å². The van der Waals surface area contributed by atoms with Gasteiger partial charge in [-0.15, -0.1) is 0 Å². The van der Waals surface area contributed by atoms with Crippen molar-refractivity contribution in [2.24, 2.45) is 11.7 Å². The molecule has 1 aliphatic heterocycles. The fraction of sp³-hybridized carbons (Fsp3) is 0.400. The zero-order valence-electron chi connectivity index (χ0n) is 11.9. The maximum Gasteiger partial charge on any atom is 0.229 e. The second-order valence-electron chi connectivity index (χ2n) is 5.19. The van der Waals surface area contributed by atoms with E-state index in [4.69, 9.17) is 22.7 Å². The van der Waals surface area contributed by atoms with Gasteiger partial charge in [0, 0.05) is 18.4 Å². The molecule has 0 aliphatic carbocycles. The average molecular weight is 306 g/mol. The van der Waals surface area contributed by atoms with Crippen LogP contribution in [0, 0.1) is 5.92 Å². The largest absolute Gasteiger partial charge is 0.492 e. The number of likely N-dealkylation sites (tertiary alicyclic amines) is 1. The number of thiocarbonyl (C=S) groups is 1. The first-order chi connectivity index (χ1) is 9.97. The molecule has 0 unspecified atom stereocenters. The number of nitrogens with two attached hydrogens (primary N) is 1. The summed E-state index contributed by atoms with van der Waals surface area (Å²) in [5, 5.41) is 0. The highest BCUT2D eigenvalue weighted by Crippen LogP contribution is 2.18. The third-order valence-electron chi connectivity index (χ3n) is 3.37. The Morgan fingerprint density at radius 1 is 1.29 bits per heavy atom. The summed E-state index contributed by atoms with van der Waals surface area (Å²) in [6.45, 7) is 2.47. The van der Waals surface area contributed by atoms with Crippen LogP contribution in [0.2, 0.25) is 0 Å². The van der Waals surface area contributed by atoms with Crippen LogP contribution < -0.4 is 10.5 Å². The summed E-state index contributed by atoms with van der Waals surface area (Å²) >= 11 is 4.87. The van der Waals surface area contributed by atoms with E-state index in [9.17, 15) is 9.59 Å². The number of hydrogen-bond acceptors (Lipinski definition) is 4. The van der Waals surface area contributed by atoms with Crippen molar-refractivity contribution in [1.29, 1.82) is 0 Å². The molecule has 2 amide bonds. The van der Waals surface area contributed by atoms with Crippen molar-refractivity contribution in [3.8, 4) is 5.75 Å². The summed E-state index contributed by atoms with van der Waals surface area (Å²) in [5.41, 5.74) is 6.28. The smallest absolute Gasteiger partial charge is 0.229 e. The van der Waals surface area contributed by atoms with Crippen molar-refractivity contribution in [2.75, 3.05) is 13.2 Å². The van der Waals surface area contributed by atoms with Crippen molar-refractivity contribution in [2.45, 2.75) is 19.8 Å². The first kappa shape index (κ1) is 15.4.